The van der Waals surface area contributed by atoms with Gasteiger partial charge in [-0.2, -0.15) is 0 Å². The van der Waals surface area contributed by atoms with Crippen LogP contribution in [0.3, 0.4) is 0 Å². The van der Waals surface area contributed by atoms with Crippen LogP contribution in [-0.2, 0) is 28.7 Å². The van der Waals surface area contributed by atoms with Crippen LogP contribution < -0.4 is 10.6 Å². The fourth-order valence-electron chi connectivity index (χ4n) is 13.5. The van der Waals surface area contributed by atoms with E-state index in [0.29, 0.717) is 45.3 Å². The lowest BCUT2D eigenvalue weighted by Gasteiger charge is -2.31. The Bertz CT molecular complexity index is 3740. The Labute approximate surface area is 576 Å². The number of piperidine rings is 3. The third-order valence-corrected chi connectivity index (χ3v) is 18.4. The Morgan fingerprint density at radius 3 is 0.959 bits per heavy atom. The highest BCUT2D eigenvalue weighted by molar-refractivity contribution is 5.98. The van der Waals surface area contributed by atoms with Crippen LogP contribution in [0.4, 0.5) is 4.79 Å². The molecule has 12 nitrogen and oxygen atoms in total. The molecule has 6 aromatic carbocycles. The van der Waals surface area contributed by atoms with E-state index in [2.05, 4.69) is 213 Å². The number of amides is 5. The minimum Gasteiger partial charge on any atom is -0.444 e. The molecular weight excluding hydrogens is 1200 g/mol. The van der Waals surface area contributed by atoms with Crippen LogP contribution in [0.5, 0.6) is 0 Å². The zero-order valence-corrected chi connectivity index (χ0v) is 57.7. The summed E-state index contributed by atoms with van der Waals surface area (Å²) in [6.45, 7) is 21.8. The number of fused-ring (bicyclic) bond motifs is 6. The molecule has 0 aromatic heterocycles. The summed E-state index contributed by atoms with van der Waals surface area (Å²) < 4.78 is 5.22. The van der Waals surface area contributed by atoms with Gasteiger partial charge < -0.3 is 30.1 Å². The second kappa shape index (κ2) is 32.1. The fourth-order valence-corrected chi connectivity index (χ4v) is 13.5. The van der Waals surface area contributed by atoms with Crippen molar-refractivity contribution in [3.8, 4) is 0 Å². The van der Waals surface area contributed by atoms with E-state index >= 15 is 0 Å². The SMILES string of the molecule is C.CC(C)(C)C(=O)NCCC(=O)N1CCC(=C2c3ccccc3C=Cc3ccccc32)CC1.CC(C)(C)CC(=O)CCC(=O)N1CCC(=C2c3ccccc3C=Cc3ccccc32)CC1.CC(C)(C)OC(=O)NCC(=O)N1CCC(=C2c3ccccc3C=Cc3ccccc32)CC1. The molecular formula is C85H99N5O7. The maximum Gasteiger partial charge on any atom is 0.408 e. The molecule has 0 saturated carbocycles. The molecule has 3 saturated heterocycles. The number of hydrogen-bond donors (Lipinski definition) is 2. The van der Waals surface area contributed by atoms with E-state index in [-0.39, 0.29) is 48.8 Å². The highest BCUT2D eigenvalue weighted by atomic mass is 16.6. The summed E-state index contributed by atoms with van der Waals surface area (Å²) in [5, 5.41) is 5.45. The maximum absolute atomic E-state index is 12.8. The first-order valence-electron chi connectivity index (χ1n) is 34.3. The van der Waals surface area contributed by atoms with Gasteiger partial charge in [0.2, 0.25) is 23.6 Å². The average Bonchev–Trinajstić information content (AvgIpc) is 1.78. The first-order chi connectivity index (χ1) is 46.0. The Balaban J connectivity index is 0.000000170. The molecule has 12 rings (SSSR count). The van der Waals surface area contributed by atoms with Crippen LogP contribution in [0, 0.1) is 10.8 Å². The van der Waals surface area contributed by atoms with E-state index < -0.39 is 17.1 Å². The van der Waals surface area contributed by atoms with Gasteiger partial charge in [-0.3, -0.25) is 24.0 Å². The molecule has 0 spiro atoms. The lowest BCUT2D eigenvalue weighted by atomic mass is 9.86. The summed E-state index contributed by atoms with van der Waals surface area (Å²) in [4.78, 5) is 79.9. The predicted molar refractivity (Wildman–Crippen MR) is 397 cm³/mol. The molecule has 12 heteroatoms. The Morgan fingerprint density at radius 2 is 0.670 bits per heavy atom. The number of benzene rings is 6. The molecule has 2 N–H and O–H groups in total. The highest BCUT2D eigenvalue weighted by Gasteiger charge is 2.30. The molecule has 506 valence electrons. The van der Waals surface area contributed by atoms with Crippen molar-refractivity contribution in [2.45, 2.75) is 140 Å². The minimum atomic E-state index is -0.584. The fraction of sp³-hybridized carbons (Fsp3) is 0.365. The molecule has 97 heavy (non-hydrogen) atoms. The lowest BCUT2D eigenvalue weighted by Crippen LogP contribution is -2.44. The van der Waals surface area contributed by atoms with Crippen molar-refractivity contribution in [1.29, 1.82) is 0 Å². The zero-order valence-electron chi connectivity index (χ0n) is 57.7. The smallest absolute Gasteiger partial charge is 0.408 e. The molecule has 0 bridgehead atoms. The van der Waals surface area contributed by atoms with E-state index in [1.807, 2.05) is 35.5 Å². The molecule has 0 unspecified atom stereocenters. The molecule has 0 radical (unpaired) electrons. The van der Waals surface area contributed by atoms with Crippen molar-refractivity contribution in [2.75, 3.05) is 52.4 Å². The van der Waals surface area contributed by atoms with Gasteiger partial charge in [0, 0.05) is 76.9 Å². The molecule has 6 aromatic rings. The normalized spacial score (nSPS) is 15.5. The number of ether oxygens (including phenoxy) is 1. The molecule has 3 aliphatic carbocycles. The van der Waals surface area contributed by atoms with Crippen LogP contribution in [0.2, 0.25) is 0 Å². The number of hydrogen-bond acceptors (Lipinski definition) is 7. The lowest BCUT2D eigenvalue weighted by molar-refractivity contribution is -0.134. The largest absolute Gasteiger partial charge is 0.444 e. The van der Waals surface area contributed by atoms with Gasteiger partial charge in [0.1, 0.15) is 17.9 Å². The Hall–Kier alpha value is -9.42. The van der Waals surface area contributed by atoms with Gasteiger partial charge in [0.05, 0.1) is 0 Å². The molecule has 3 heterocycles. The zero-order chi connectivity index (χ0) is 68.2. The van der Waals surface area contributed by atoms with E-state index in [0.717, 1.165) is 64.7 Å². The van der Waals surface area contributed by atoms with Gasteiger partial charge >= 0.3 is 6.09 Å². The van der Waals surface area contributed by atoms with Crippen LogP contribution in [0.1, 0.15) is 201 Å². The molecule has 5 amide bonds. The second-order valence-electron chi connectivity index (χ2n) is 29.0. The monoisotopic (exact) mass is 1300 g/mol. The van der Waals surface area contributed by atoms with Gasteiger partial charge in [-0.15, -0.1) is 0 Å². The number of ketones is 1. The van der Waals surface area contributed by atoms with Crippen molar-refractivity contribution >= 4 is 88.7 Å². The Kier molecular flexibility index (Phi) is 23.8. The van der Waals surface area contributed by atoms with Gasteiger partial charge in [0.15, 0.2) is 0 Å². The quantitative estimate of drug-likeness (QED) is 0.146. The second-order valence-corrected chi connectivity index (χ2v) is 29.0. The van der Waals surface area contributed by atoms with Crippen molar-refractivity contribution in [2.24, 2.45) is 10.8 Å². The van der Waals surface area contributed by atoms with Crippen LogP contribution in [0.15, 0.2) is 162 Å². The van der Waals surface area contributed by atoms with Crippen molar-refractivity contribution in [3.05, 3.63) is 229 Å². The topological polar surface area (TPSA) is 145 Å². The van der Waals surface area contributed by atoms with Gasteiger partial charge in [-0.1, -0.05) is 248 Å². The van der Waals surface area contributed by atoms with Crippen molar-refractivity contribution in [1.82, 2.24) is 25.3 Å². The summed E-state index contributed by atoms with van der Waals surface area (Å²) in [5.41, 5.74) is 22.1. The van der Waals surface area contributed by atoms with E-state index in [9.17, 15) is 28.8 Å². The number of rotatable bonds is 9. The van der Waals surface area contributed by atoms with Crippen LogP contribution >= 0.6 is 0 Å². The first kappa shape index (κ1) is 71.9. The van der Waals surface area contributed by atoms with Crippen LogP contribution in [-0.4, -0.2) is 108 Å². The van der Waals surface area contributed by atoms with E-state index in [1.165, 1.54) is 100 Å². The number of nitrogens with one attached hydrogen (secondary N) is 2. The maximum atomic E-state index is 12.8. The summed E-state index contributed by atoms with van der Waals surface area (Å²) in [6, 6.07) is 51.3. The highest BCUT2D eigenvalue weighted by Crippen LogP contribution is 2.42. The number of alkyl carbamates (subject to hydrolysis) is 1. The molecule has 3 aliphatic heterocycles. The number of Topliss-reactive ketones (excluding diaryl/α,β-unsaturated/α-hetero) is 1. The Morgan fingerprint density at radius 1 is 0.381 bits per heavy atom. The number of likely N-dealkylation sites (tertiary alicyclic amines) is 3. The van der Waals surface area contributed by atoms with Gasteiger partial charge in [-0.05, 0) is 148 Å². The summed E-state index contributed by atoms with van der Waals surface area (Å²) in [6.07, 6.45) is 19.3. The van der Waals surface area contributed by atoms with Gasteiger partial charge in [-0.25, -0.2) is 4.79 Å². The van der Waals surface area contributed by atoms with E-state index in [4.69, 9.17) is 4.74 Å². The number of carbonyl (C=O) groups excluding carboxylic acids is 6. The van der Waals surface area contributed by atoms with Crippen molar-refractivity contribution < 1.29 is 33.5 Å². The first-order valence-corrected chi connectivity index (χ1v) is 34.3. The van der Waals surface area contributed by atoms with E-state index in [1.54, 1.807) is 20.8 Å². The number of nitrogens with zero attached hydrogens (tertiary/aromatic N) is 3. The third-order valence-electron chi connectivity index (χ3n) is 18.4. The third kappa shape index (κ3) is 18.8. The van der Waals surface area contributed by atoms with Gasteiger partial charge in [0.25, 0.3) is 0 Å². The minimum absolute atomic E-state index is 0. The standard InChI is InChI=1S/C29H33NO2.C28H32N2O2.C27H30N2O3.CH4/c1-29(2,3)20-24(31)14-15-27(32)30-18-16-23(17-19-30)28-25-10-6-4-8-21(25)12-13-22-9-5-7-11-26(22)28;1-28(2,3)27(32)29-17-14-25(31)30-18-15-22(16-19-30)26-23-10-6-4-8-20(23)12-13-21-9-5-7-11-24(21)26;1-27(2,3)32-26(31)28-18-24(30)29-16-14-21(15-17-29)25-22-10-6-4-8-19(22)12-13-20-9-5-7-11-23(20)25;/h4-13H,14-20H2,1-3H3;4-13H,14-19H2,1-3H3,(H,29,32);4-13H,14-18H2,1-3H3,(H,28,31);1H4. The van der Waals surface area contributed by atoms with Crippen LogP contribution in [0.25, 0.3) is 53.2 Å². The predicted octanol–water partition coefficient (Wildman–Crippen LogP) is 17.3. The summed E-state index contributed by atoms with van der Waals surface area (Å²) >= 11 is 0. The number of carbonyl (C=O) groups is 6. The van der Waals surface area contributed by atoms with Crippen molar-refractivity contribution in [3.63, 3.8) is 0 Å². The summed E-state index contributed by atoms with van der Waals surface area (Å²) in [7, 11) is 0. The molecule has 3 fully saturated rings. The molecule has 0 atom stereocenters. The average molecular weight is 1300 g/mol. The molecule has 6 aliphatic rings. The summed E-state index contributed by atoms with van der Waals surface area (Å²) in [5.74, 6) is 0.314.